The zero-order valence-electron chi connectivity index (χ0n) is 18.4. The van der Waals surface area contributed by atoms with Crippen LogP contribution in [0.15, 0.2) is 54.6 Å². The van der Waals surface area contributed by atoms with Crippen molar-refractivity contribution < 1.29 is 9.53 Å². The molecule has 0 aliphatic rings. The molecular weight excluding hydrogens is 388 g/mol. The van der Waals surface area contributed by atoms with Gasteiger partial charge in [-0.1, -0.05) is 30.3 Å². The summed E-state index contributed by atoms with van der Waals surface area (Å²) in [4.78, 5) is 17.4. The van der Waals surface area contributed by atoms with Crippen molar-refractivity contribution in [1.29, 1.82) is 0 Å². The van der Waals surface area contributed by atoms with E-state index in [1.54, 1.807) is 6.92 Å². The van der Waals surface area contributed by atoms with Crippen molar-refractivity contribution in [2.45, 2.75) is 40.7 Å². The smallest absolute Gasteiger partial charge is 0.265 e. The summed E-state index contributed by atoms with van der Waals surface area (Å²) >= 11 is 0. The van der Waals surface area contributed by atoms with E-state index in [0.717, 1.165) is 39.1 Å². The van der Waals surface area contributed by atoms with Gasteiger partial charge in [0, 0.05) is 17.1 Å². The number of pyridine rings is 1. The Morgan fingerprint density at radius 2 is 1.74 bits per heavy atom. The van der Waals surface area contributed by atoms with E-state index < -0.39 is 6.10 Å². The minimum Gasteiger partial charge on any atom is -0.464 e. The van der Waals surface area contributed by atoms with Crippen LogP contribution in [0.3, 0.4) is 0 Å². The van der Waals surface area contributed by atoms with Crippen molar-refractivity contribution in [3.05, 3.63) is 77.0 Å². The number of aromatic nitrogens is 3. The van der Waals surface area contributed by atoms with Crippen molar-refractivity contribution in [2.24, 2.45) is 0 Å². The van der Waals surface area contributed by atoms with Crippen molar-refractivity contribution in [2.75, 3.05) is 5.32 Å². The normalized spacial score (nSPS) is 12.0. The SMILES string of the molecule is Cc1ccc(C)c(NC(=O)[C@@H](C)Oc2cc(C)c3c(C)nn(-c4ccccc4)c3n2)c1. The van der Waals surface area contributed by atoms with E-state index in [1.807, 2.05) is 87.0 Å². The van der Waals surface area contributed by atoms with Crippen LogP contribution in [-0.4, -0.2) is 26.8 Å². The van der Waals surface area contributed by atoms with Crippen LogP contribution in [0, 0.1) is 27.7 Å². The second-order valence-corrected chi connectivity index (χ2v) is 7.88. The lowest BCUT2D eigenvalue weighted by atomic mass is 10.1. The first-order valence-electron chi connectivity index (χ1n) is 10.3. The number of amides is 1. The number of rotatable bonds is 5. The summed E-state index contributed by atoms with van der Waals surface area (Å²) in [6, 6.07) is 17.7. The summed E-state index contributed by atoms with van der Waals surface area (Å²) < 4.78 is 7.75. The van der Waals surface area contributed by atoms with Crippen LogP contribution < -0.4 is 10.1 Å². The third-order valence-electron chi connectivity index (χ3n) is 5.30. The molecule has 4 aromatic rings. The first-order chi connectivity index (χ1) is 14.8. The highest BCUT2D eigenvalue weighted by Gasteiger charge is 2.19. The maximum absolute atomic E-state index is 12.7. The molecule has 0 radical (unpaired) electrons. The van der Waals surface area contributed by atoms with Crippen molar-refractivity contribution in [3.63, 3.8) is 0 Å². The molecule has 0 saturated carbocycles. The summed E-state index contributed by atoms with van der Waals surface area (Å²) in [5, 5.41) is 8.61. The van der Waals surface area contributed by atoms with Gasteiger partial charge in [-0.2, -0.15) is 10.1 Å². The zero-order chi connectivity index (χ0) is 22.1. The molecule has 0 aliphatic heterocycles. The van der Waals surface area contributed by atoms with Gasteiger partial charge in [-0.15, -0.1) is 0 Å². The van der Waals surface area contributed by atoms with Crippen molar-refractivity contribution >= 4 is 22.6 Å². The first kappa shape index (κ1) is 20.6. The van der Waals surface area contributed by atoms with E-state index in [2.05, 4.69) is 10.4 Å². The predicted molar refractivity (Wildman–Crippen MR) is 123 cm³/mol. The number of hydrogen-bond donors (Lipinski definition) is 1. The maximum atomic E-state index is 12.7. The highest BCUT2D eigenvalue weighted by molar-refractivity contribution is 5.95. The Morgan fingerprint density at radius 3 is 2.48 bits per heavy atom. The van der Waals surface area contributed by atoms with Crippen LogP contribution in [0.1, 0.15) is 29.3 Å². The fraction of sp³-hybridized carbons (Fsp3) is 0.240. The van der Waals surface area contributed by atoms with E-state index in [9.17, 15) is 4.79 Å². The minimum absolute atomic E-state index is 0.221. The lowest BCUT2D eigenvalue weighted by Gasteiger charge is -2.16. The molecule has 1 N–H and O–H groups in total. The van der Waals surface area contributed by atoms with E-state index >= 15 is 0 Å². The van der Waals surface area contributed by atoms with Gasteiger partial charge in [0.2, 0.25) is 5.88 Å². The number of anilines is 1. The molecule has 0 unspecified atom stereocenters. The molecule has 6 heteroatoms. The lowest BCUT2D eigenvalue weighted by molar-refractivity contribution is -0.122. The van der Waals surface area contributed by atoms with Gasteiger partial charge in [0.25, 0.3) is 5.91 Å². The Bertz CT molecular complexity index is 1260. The zero-order valence-corrected chi connectivity index (χ0v) is 18.4. The number of carbonyl (C=O) groups excluding carboxylic acids is 1. The highest BCUT2D eigenvalue weighted by atomic mass is 16.5. The standard InChI is InChI=1S/C25H26N4O2/c1-15-11-12-16(2)21(13-15)26-25(30)19(5)31-22-14-17(3)23-18(4)28-29(24(23)27-22)20-9-7-6-8-10-20/h6-14,19H,1-5H3,(H,26,30)/t19-/m1/s1. The summed E-state index contributed by atoms with van der Waals surface area (Å²) in [7, 11) is 0. The Labute approximate surface area is 181 Å². The summed E-state index contributed by atoms with van der Waals surface area (Å²) in [5.41, 5.74) is 6.41. The second kappa shape index (κ2) is 8.22. The van der Waals surface area contributed by atoms with Gasteiger partial charge in [0.1, 0.15) is 0 Å². The number of hydrogen-bond acceptors (Lipinski definition) is 4. The second-order valence-electron chi connectivity index (χ2n) is 7.88. The Morgan fingerprint density at radius 1 is 1.00 bits per heavy atom. The summed E-state index contributed by atoms with van der Waals surface area (Å²) in [6.45, 7) is 9.65. The van der Waals surface area contributed by atoms with Gasteiger partial charge in [0.05, 0.1) is 11.4 Å². The number of para-hydroxylation sites is 1. The quantitative estimate of drug-likeness (QED) is 0.496. The number of benzene rings is 2. The van der Waals surface area contributed by atoms with Crippen LogP contribution in [0.25, 0.3) is 16.7 Å². The molecule has 2 aromatic heterocycles. The molecule has 1 amide bonds. The predicted octanol–water partition coefficient (Wildman–Crippen LogP) is 5.06. The van der Waals surface area contributed by atoms with Crippen molar-refractivity contribution in [1.82, 2.24) is 14.8 Å². The topological polar surface area (TPSA) is 69.0 Å². The molecular formula is C25H26N4O2. The molecule has 0 bridgehead atoms. The summed E-state index contributed by atoms with van der Waals surface area (Å²) in [6.07, 6.45) is -0.710. The Hall–Kier alpha value is -3.67. The molecule has 0 saturated heterocycles. The summed E-state index contributed by atoms with van der Waals surface area (Å²) in [5.74, 6) is 0.173. The third kappa shape index (κ3) is 4.14. The van der Waals surface area contributed by atoms with Gasteiger partial charge >= 0.3 is 0 Å². The Balaban J connectivity index is 1.62. The molecule has 158 valence electrons. The van der Waals surface area contributed by atoms with Gasteiger partial charge in [0.15, 0.2) is 11.8 Å². The van der Waals surface area contributed by atoms with Crippen LogP contribution in [0.4, 0.5) is 5.69 Å². The molecule has 2 heterocycles. The average Bonchev–Trinajstić information content (AvgIpc) is 3.08. The number of nitrogens with one attached hydrogen (secondary N) is 1. The Kier molecular flexibility index (Phi) is 5.46. The fourth-order valence-corrected chi connectivity index (χ4v) is 3.62. The molecule has 0 aliphatic carbocycles. The molecule has 6 nitrogen and oxygen atoms in total. The van der Waals surface area contributed by atoms with Gasteiger partial charge in [-0.25, -0.2) is 4.68 Å². The number of ether oxygens (including phenoxy) is 1. The number of nitrogens with zero attached hydrogens (tertiary/aromatic N) is 3. The minimum atomic E-state index is -0.710. The molecule has 4 rings (SSSR count). The molecule has 1 atom stereocenters. The third-order valence-corrected chi connectivity index (χ3v) is 5.30. The lowest BCUT2D eigenvalue weighted by Crippen LogP contribution is -2.30. The van der Waals surface area contributed by atoms with Gasteiger partial charge in [-0.3, -0.25) is 4.79 Å². The molecule has 2 aromatic carbocycles. The largest absolute Gasteiger partial charge is 0.464 e. The average molecular weight is 415 g/mol. The van der Waals surface area contributed by atoms with E-state index in [0.29, 0.717) is 11.5 Å². The number of fused-ring (bicyclic) bond motifs is 1. The highest BCUT2D eigenvalue weighted by Crippen LogP contribution is 2.27. The van der Waals surface area contributed by atoms with Gasteiger partial charge in [-0.05, 0) is 69.5 Å². The number of aryl methyl sites for hydroxylation is 4. The van der Waals surface area contributed by atoms with Crippen LogP contribution >= 0.6 is 0 Å². The fourth-order valence-electron chi connectivity index (χ4n) is 3.62. The maximum Gasteiger partial charge on any atom is 0.265 e. The van der Waals surface area contributed by atoms with Crippen LogP contribution in [-0.2, 0) is 4.79 Å². The van der Waals surface area contributed by atoms with E-state index in [-0.39, 0.29) is 5.91 Å². The van der Waals surface area contributed by atoms with Crippen LogP contribution in [0.5, 0.6) is 5.88 Å². The first-order valence-corrected chi connectivity index (χ1v) is 10.3. The monoisotopic (exact) mass is 414 g/mol. The van der Waals surface area contributed by atoms with Crippen molar-refractivity contribution in [3.8, 4) is 11.6 Å². The van der Waals surface area contributed by atoms with Gasteiger partial charge < -0.3 is 10.1 Å². The van der Waals surface area contributed by atoms with Crippen LogP contribution in [0.2, 0.25) is 0 Å². The molecule has 0 fully saturated rings. The van der Waals surface area contributed by atoms with E-state index in [1.165, 1.54) is 0 Å². The molecule has 0 spiro atoms. The number of carbonyl (C=O) groups is 1. The van der Waals surface area contributed by atoms with E-state index in [4.69, 9.17) is 9.72 Å². The molecule has 31 heavy (non-hydrogen) atoms.